The number of furan rings is 1. The number of pyridine rings is 1. The Balaban J connectivity index is 1.39. The summed E-state index contributed by atoms with van der Waals surface area (Å²) in [6, 6.07) is 13.5. The molecular formula is C22H20N4O3. The maximum Gasteiger partial charge on any atom is 0.198 e. The molecular weight excluding hydrogens is 368 g/mol. The molecule has 5 rings (SSSR count). The van der Waals surface area contributed by atoms with Gasteiger partial charge in [-0.05, 0) is 30.3 Å². The summed E-state index contributed by atoms with van der Waals surface area (Å²) in [5, 5.41) is 11.2. The fourth-order valence-electron chi connectivity index (χ4n) is 3.50. The summed E-state index contributed by atoms with van der Waals surface area (Å²) in [6.45, 7) is 3.14. The van der Waals surface area contributed by atoms with Crippen molar-refractivity contribution in [3.63, 3.8) is 0 Å². The number of aliphatic imine (C=N–C) groups is 1. The lowest BCUT2D eigenvalue weighted by atomic mass is 10.1. The van der Waals surface area contributed by atoms with E-state index in [0.29, 0.717) is 5.56 Å². The third-order valence-corrected chi connectivity index (χ3v) is 5.03. The molecule has 0 aliphatic carbocycles. The number of fused-ring (bicyclic) bond motifs is 1. The normalized spacial score (nSPS) is 14.8. The van der Waals surface area contributed by atoms with Crippen LogP contribution in [0, 0.1) is 0 Å². The fraction of sp³-hybridized carbons (Fsp3) is 0.182. The van der Waals surface area contributed by atoms with Crippen molar-refractivity contribution in [3.8, 4) is 17.2 Å². The van der Waals surface area contributed by atoms with Crippen LogP contribution in [0.15, 0.2) is 64.3 Å². The third-order valence-electron chi connectivity index (χ3n) is 5.03. The van der Waals surface area contributed by atoms with Crippen molar-refractivity contribution in [1.82, 2.24) is 9.97 Å². The molecule has 0 saturated carbocycles. The summed E-state index contributed by atoms with van der Waals surface area (Å²) >= 11 is 0. The Kier molecular flexibility index (Phi) is 4.50. The van der Waals surface area contributed by atoms with E-state index >= 15 is 0 Å². The fourth-order valence-corrected chi connectivity index (χ4v) is 3.50. The highest BCUT2D eigenvalue weighted by Gasteiger charge is 2.13. The number of morpholine rings is 1. The van der Waals surface area contributed by atoms with Gasteiger partial charge in [0.1, 0.15) is 11.6 Å². The van der Waals surface area contributed by atoms with E-state index in [1.54, 1.807) is 18.7 Å². The number of nitrogens with one attached hydrogen (secondary N) is 1. The van der Waals surface area contributed by atoms with Gasteiger partial charge >= 0.3 is 0 Å². The molecule has 0 amide bonds. The lowest BCUT2D eigenvalue weighted by Gasteiger charge is -2.27. The van der Waals surface area contributed by atoms with Crippen LogP contribution in [0.5, 0.6) is 5.88 Å². The number of nitrogens with zero attached hydrogens (tertiary/aromatic N) is 3. The first-order valence-corrected chi connectivity index (χ1v) is 9.49. The van der Waals surface area contributed by atoms with Gasteiger partial charge in [-0.3, -0.25) is 4.99 Å². The van der Waals surface area contributed by atoms with Crippen LogP contribution >= 0.6 is 0 Å². The smallest absolute Gasteiger partial charge is 0.198 e. The summed E-state index contributed by atoms with van der Waals surface area (Å²) in [7, 11) is 0. The van der Waals surface area contributed by atoms with Gasteiger partial charge in [-0.1, -0.05) is 12.1 Å². The van der Waals surface area contributed by atoms with Gasteiger partial charge in [0, 0.05) is 35.8 Å². The molecule has 29 heavy (non-hydrogen) atoms. The van der Waals surface area contributed by atoms with Gasteiger partial charge in [-0.15, -0.1) is 0 Å². The molecule has 4 aromatic rings. The summed E-state index contributed by atoms with van der Waals surface area (Å²) in [5.41, 5.74) is 3.12. The van der Waals surface area contributed by atoms with Crippen molar-refractivity contribution in [3.05, 3.63) is 60.5 Å². The first-order chi connectivity index (χ1) is 14.3. The molecule has 1 fully saturated rings. The van der Waals surface area contributed by atoms with Crippen molar-refractivity contribution in [2.45, 2.75) is 0 Å². The molecule has 0 unspecified atom stereocenters. The summed E-state index contributed by atoms with van der Waals surface area (Å²) in [6.07, 6.45) is 5.04. The zero-order valence-electron chi connectivity index (χ0n) is 15.7. The van der Waals surface area contributed by atoms with Crippen LogP contribution < -0.4 is 4.90 Å². The van der Waals surface area contributed by atoms with Crippen LogP contribution in [0.2, 0.25) is 0 Å². The van der Waals surface area contributed by atoms with Crippen LogP contribution in [-0.4, -0.2) is 47.6 Å². The van der Waals surface area contributed by atoms with Crippen LogP contribution in [0.3, 0.4) is 0 Å². The molecule has 0 radical (unpaired) electrons. The highest BCUT2D eigenvalue weighted by Crippen LogP contribution is 2.30. The van der Waals surface area contributed by atoms with Crippen molar-refractivity contribution in [2.75, 3.05) is 31.2 Å². The lowest BCUT2D eigenvalue weighted by molar-refractivity contribution is 0.122. The van der Waals surface area contributed by atoms with Crippen molar-refractivity contribution in [1.29, 1.82) is 0 Å². The van der Waals surface area contributed by atoms with Gasteiger partial charge in [0.25, 0.3) is 0 Å². The van der Waals surface area contributed by atoms with Crippen LogP contribution in [0.25, 0.3) is 22.2 Å². The zero-order valence-corrected chi connectivity index (χ0v) is 15.7. The van der Waals surface area contributed by atoms with Gasteiger partial charge in [0.05, 0.1) is 36.9 Å². The van der Waals surface area contributed by atoms with E-state index in [0.717, 1.165) is 60.0 Å². The van der Waals surface area contributed by atoms with Crippen molar-refractivity contribution < 1.29 is 14.3 Å². The molecule has 0 atom stereocenters. The standard InChI is InChI=1S/C22H20N4O3/c27-22-18(17-5-3-15(12-19(17)25-22)20-2-1-9-29-20)14-23-16-4-6-21(24-13-16)26-7-10-28-11-8-26/h1-6,9,12-14,25,27H,7-8,10-11H2. The Labute approximate surface area is 167 Å². The second-order valence-electron chi connectivity index (χ2n) is 6.86. The van der Waals surface area contributed by atoms with E-state index in [1.165, 1.54) is 0 Å². The SMILES string of the molecule is Oc1[nH]c2cc(-c3ccco3)ccc2c1C=Nc1ccc(N2CCOCC2)nc1. The predicted molar refractivity (Wildman–Crippen MR) is 112 cm³/mol. The summed E-state index contributed by atoms with van der Waals surface area (Å²) < 4.78 is 10.8. The number of anilines is 1. The van der Waals surface area contributed by atoms with E-state index in [4.69, 9.17) is 9.15 Å². The second-order valence-corrected chi connectivity index (χ2v) is 6.86. The molecule has 4 heterocycles. The molecule has 0 bridgehead atoms. The molecule has 3 aromatic heterocycles. The van der Waals surface area contributed by atoms with Crippen molar-refractivity contribution in [2.24, 2.45) is 4.99 Å². The number of benzene rings is 1. The number of H-pyrrole nitrogens is 1. The quantitative estimate of drug-likeness (QED) is 0.514. The van der Waals surface area contributed by atoms with E-state index in [-0.39, 0.29) is 5.88 Å². The summed E-state index contributed by atoms with van der Waals surface area (Å²) in [4.78, 5) is 14.2. The van der Waals surface area contributed by atoms with E-state index in [2.05, 4.69) is 19.9 Å². The Bertz CT molecular complexity index is 1140. The monoisotopic (exact) mass is 388 g/mol. The van der Waals surface area contributed by atoms with E-state index in [9.17, 15) is 5.11 Å². The number of aromatic nitrogens is 2. The lowest BCUT2D eigenvalue weighted by Crippen LogP contribution is -2.36. The molecule has 1 aromatic carbocycles. The Morgan fingerprint density at radius 2 is 2.03 bits per heavy atom. The first-order valence-electron chi connectivity index (χ1n) is 9.49. The van der Waals surface area contributed by atoms with Gasteiger partial charge in [0.2, 0.25) is 0 Å². The molecule has 2 N–H and O–H groups in total. The van der Waals surface area contributed by atoms with E-state index in [1.807, 2.05) is 42.5 Å². The van der Waals surface area contributed by atoms with E-state index < -0.39 is 0 Å². The molecule has 146 valence electrons. The van der Waals surface area contributed by atoms with Crippen LogP contribution in [-0.2, 0) is 4.74 Å². The maximum atomic E-state index is 10.3. The average Bonchev–Trinajstić information content (AvgIpc) is 3.40. The summed E-state index contributed by atoms with van der Waals surface area (Å²) in [5.74, 6) is 1.79. The zero-order chi connectivity index (χ0) is 19.6. The van der Waals surface area contributed by atoms with Gasteiger partial charge < -0.3 is 24.1 Å². The Morgan fingerprint density at radius 3 is 2.79 bits per heavy atom. The molecule has 7 heteroatoms. The van der Waals surface area contributed by atoms with Crippen LogP contribution in [0.4, 0.5) is 11.5 Å². The third kappa shape index (κ3) is 3.48. The predicted octanol–water partition coefficient (Wildman–Crippen LogP) is 4.12. The van der Waals surface area contributed by atoms with Crippen molar-refractivity contribution >= 4 is 28.6 Å². The maximum absolute atomic E-state index is 10.3. The molecule has 1 aliphatic heterocycles. The Morgan fingerprint density at radius 1 is 1.14 bits per heavy atom. The number of hydrogen-bond donors (Lipinski definition) is 2. The highest BCUT2D eigenvalue weighted by molar-refractivity contribution is 6.03. The number of aromatic hydroxyl groups is 1. The Hall–Kier alpha value is -3.58. The topological polar surface area (TPSA) is 86.9 Å². The minimum Gasteiger partial charge on any atom is -0.494 e. The largest absolute Gasteiger partial charge is 0.494 e. The average molecular weight is 388 g/mol. The molecule has 7 nitrogen and oxygen atoms in total. The first kappa shape index (κ1) is 17.5. The molecule has 1 saturated heterocycles. The van der Waals surface area contributed by atoms with Gasteiger partial charge in [-0.2, -0.15) is 0 Å². The molecule has 0 spiro atoms. The number of aromatic amines is 1. The van der Waals surface area contributed by atoms with Crippen LogP contribution in [0.1, 0.15) is 5.56 Å². The number of hydrogen-bond acceptors (Lipinski definition) is 6. The number of ether oxygens (including phenoxy) is 1. The second kappa shape index (κ2) is 7.44. The molecule has 1 aliphatic rings. The minimum absolute atomic E-state index is 0.0817. The van der Waals surface area contributed by atoms with Gasteiger partial charge in [0.15, 0.2) is 5.88 Å². The number of rotatable bonds is 4. The minimum atomic E-state index is 0.0817. The van der Waals surface area contributed by atoms with Gasteiger partial charge in [-0.25, -0.2) is 4.98 Å². The highest BCUT2D eigenvalue weighted by atomic mass is 16.5.